The number of rotatable bonds is 2. The molecule has 2 rings (SSSR count). The van der Waals surface area contributed by atoms with Crippen molar-refractivity contribution >= 4 is 10.9 Å². The molecule has 16 heavy (non-hydrogen) atoms. The molecule has 0 bridgehead atoms. The number of aromatic hydroxyl groups is 1. The maximum absolute atomic E-state index is 9.91. The average Bonchev–Trinajstić information content (AvgIpc) is 2.58. The predicted molar refractivity (Wildman–Crippen MR) is 68.1 cm³/mol. The van der Waals surface area contributed by atoms with Crippen molar-refractivity contribution in [2.45, 2.75) is 39.5 Å². The first-order valence-corrected chi connectivity index (χ1v) is 5.84. The van der Waals surface area contributed by atoms with Gasteiger partial charge in [-0.15, -0.1) is 0 Å². The summed E-state index contributed by atoms with van der Waals surface area (Å²) in [5.74, 6) is 1.23. The molecule has 0 fully saturated rings. The number of hydrogen-bond donors (Lipinski definition) is 2. The van der Waals surface area contributed by atoms with Crippen molar-refractivity contribution in [3.8, 4) is 5.75 Å². The van der Waals surface area contributed by atoms with Gasteiger partial charge in [0.25, 0.3) is 0 Å². The normalized spacial score (nSPS) is 11.9. The molecule has 2 nitrogen and oxygen atoms in total. The van der Waals surface area contributed by atoms with Gasteiger partial charge < -0.3 is 10.1 Å². The van der Waals surface area contributed by atoms with Gasteiger partial charge in [0.1, 0.15) is 5.75 Å². The van der Waals surface area contributed by atoms with Crippen LogP contribution in [0.25, 0.3) is 10.9 Å². The third kappa shape index (κ3) is 1.80. The number of hydrogen-bond acceptors (Lipinski definition) is 1. The first kappa shape index (κ1) is 11.1. The topological polar surface area (TPSA) is 36.0 Å². The number of fused-ring (bicyclic) bond motifs is 1. The minimum Gasteiger partial charge on any atom is -0.508 e. The summed E-state index contributed by atoms with van der Waals surface area (Å²) in [6.07, 6.45) is 0. The maximum atomic E-state index is 9.91. The quantitative estimate of drug-likeness (QED) is 0.779. The van der Waals surface area contributed by atoms with Crippen LogP contribution in [0.2, 0.25) is 0 Å². The van der Waals surface area contributed by atoms with Crippen LogP contribution < -0.4 is 0 Å². The molecular formula is C14H19NO. The molecule has 2 aromatic rings. The number of benzene rings is 1. The molecule has 2 N–H and O–H groups in total. The van der Waals surface area contributed by atoms with Gasteiger partial charge >= 0.3 is 0 Å². The number of aromatic nitrogens is 1. The monoisotopic (exact) mass is 217 g/mol. The zero-order valence-electron chi connectivity index (χ0n) is 10.3. The molecule has 0 atom stereocenters. The van der Waals surface area contributed by atoms with E-state index >= 15 is 0 Å². The summed E-state index contributed by atoms with van der Waals surface area (Å²) in [4.78, 5) is 3.41. The molecule has 1 heterocycles. The van der Waals surface area contributed by atoms with E-state index in [0.717, 1.165) is 16.5 Å². The summed E-state index contributed by atoms with van der Waals surface area (Å²) in [5.41, 5.74) is 3.34. The van der Waals surface area contributed by atoms with Crippen LogP contribution in [0.4, 0.5) is 0 Å². The third-order valence-corrected chi connectivity index (χ3v) is 3.03. The maximum Gasteiger partial charge on any atom is 0.119 e. The molecule has 2 heteroatoms. The highest BCUT2D eigenvalue weighted by Gasteiger charge is 2.10. The summed E-state index contributed by atoms with van der Waals surface area (Å²) in [6, 6.07) is 6.03. The Bertz CT molecular complexity index is 509. The van der Waals surface area contributed by atoms with Crippen LogP contribution >= 0.6 is 0 Å². The molecule has 1 aromatic heterocycles. The molecule has 0 saturated heterocycles. The zero-order chi connectivity index (χ0) is 11.9. The first-order chi connectivity index (χ1) is 7.49. The summed E-state index contributed by atoms with van der Waals surface area (Å²) in [5, 5.41) is 11.0. The van der Waals surface area contributed by atoms with Crippen molar-refractivity contribution in [2.75, 3.05) is 0 Å². The standard InChI is InChI=1S/C14H19NO/c1-8(2)11-7-13-10(6-14(11)16)5-12(15-13)9(3)4/h5-9,15-16H,1-4H3. The molecule has 0 aliphatic rings. The third-order valence-electron chi connectivity index (χ3n) is 3.03. The van der Waals surface area contributed by atoms with Crippen molar-refractivity contribution in [3.63, 3.8) is 0 Å². The Balaban J connectivity index is 2.61. The number of aromatic amines is 1. The Morgan fingerprint density at radius 3 is 2.25 bits per heavy atom. The van der Waals surface area contributed by atoms with Gasteiger partial charge in [-0.1, -0.05) is 27.7 Å². The second-order valence-electron chi connectivity index (χ2n) is 5.03. The second-order valence-corrected chi connectivity index (χ2v) is 5.03. The lowest BCUT2D eigenvalue weighted by Gasteiger charge is -2.07. The van der Waals surface area contributed by atoms with E-state index in [1.807, 2.05) is 6.07 Å². The van der Waals surface area contributed by atoms with E-state index in [4.69, 9.17) is 0 Å². The van der Waals surface area contributed by atoms with Crippen molar-refractivity contribution in [1.82, 2.24) is 4.98 Å². The number of nitrogens with one attached hydrogen (secondary N) is 1. The van der Waals surface area contributed by atoms with Crippen LogP contribution in [-0.4, -0.2) is 10.1 Å². The molecular weight excluding hydrogens is 198 g/mol. The van der Waals surface area contributed by atoms with Crippen LogP contribution in [-0.2, 0) is 0 Å². The summed E-state index contributed by atoms with van der Waals surface area (Å²) in [6.45, 7) is 8.50. The van der Waals surface area contributed by atoms with Crippen molar-refractivity contribution in [1.29, 1.82) is 0 Å². The van der Waals surface area contributed by atoms with Gasteiger partial charge in [0.05, 0.1) is 0 Å². The molecule has 1 aromatic carbocycles. The van der Waals surface area contributed by atoms with E-state index < -0.39 is 0 Å². The highest BCUT2D eigenvalue weighted by Crippen LogP contribution is 2.31. The minimum atomic E-state index is 0.343. The van der Waals surface area contributed by atoms with E-state index in [0.29, 0.717) is 17.6 Å². The molecule has 0 radical (unpaired) electrons. The average molecular weight is 217 g/mol. The lowest BCUT2D eigenvalue weighted by molar-refractivity contribution is 0.466. The van der Waals surface area contributed by atoms with E-state index in [9.17, 15) is 5.11 Å². The largest absolute Gasteiger partial charge is 0.508 e. The highest BCUT2D eigenvalue weighted by molar-refractivity contribution is 5.83. The number of phenolic OH excluding ortho intramolecular Hbond substituents is 1. The molecule has 0 saturated carbocycles. The van der Waals surface area contributed by atoms with E-state index in [2.05, 4.69) is 44.8 Å². The molecule has 0 aliphatic heterocycles. The highest BCUT2D eigenvalue weighted by atomic mass is 16.3. The minimum absolute atomic E-state index is 0.343. The van der Waals surface area contributed by atoms with Crippen LogP contribution in [0.3, 0.4) is 0 Å². The van der Waals surface area contributed by atoms with Gasteiger partial charge in [-0.3, -0.25) is 0 Å². The van der Waals surface area contributed by atoms with Crippen LogP contribution in [0.1, 0.15) is 50.8 Å². The Kier molecular flexibility index (Phi) is 2.66. The predicted octanol–water partition coefficient (Wildman–Crippen LogP) is 4.12. The van der Waals surface area contributed by atoms with Gasteiger partial charge in [-0.2, -0.15) is 0 Å². The van der Waals surface area contributed by atoms with Crippen LogP contribution in [0.15, 0.2) is 18.2 Å². The lowest BCUT2D eigenvalue weighted by Crippen LogP contribution is -1.88. The Labute approximate surface area is 96.3 Å². The van der Waals surface area contributed by atoms with Gasteiger partial charge in [-0.25, -0.2) is 0 Å². The van der Waals surface area contributed by atoms with Crippen LogP contribution in [0.5, 0.6) is 5.75 Å². The van der Waals surface area contributed by atoms with Gasteiger partial charge in [-0.05, 0) is 35.6 Å². The molecule has 0 unspecified atom stereocenters. The smallest absolute Gasteiger partial charge is 0.119 e. The SMILES string of the molecule is CC(C)c1cc2cc(O)c(C(C)C)cc2[nH]1. The Morgan fingerprint density at radius 2 is 1.69 bits per heavy atom. The Hall–Kier alpha value is -1.44. The van der Waals surface area contributed by atoms with E-state index in [1.165, 1.54) is 5.69 Å². The van der Waals surface area contributed by atoms with Gasteiger partial charge in [0.2, 0.25) is 0 Å². The van der Waals surface area contributed by atoms with Crippen molar-refractivity contribution in [3.05, 3.63) is 29.5 Å². The summed E-state index contributed by atoms with van der Waals surface area (Å²) in [7, 11) is 0. The first-order valence-electron chi connectivity index (χ1n) is 5.84. The van der Waals surface area contributed by atoms with Crippen LogP contribution in [0, 0.1) is 0 Å². The molecule has 0 spiro atoms. The molecule has 86 valence electrons. The van der Waals surface area contributed by atoms with E-state index in [1.54, 1.807) is 0 Å². The van der Waals surface area contributed by atoms with Crippen molar-refractivity contribution < 1.29 is 5.11 Å². The lowest BCUT2D eigenvalue weighted by atomic mass is 10.0. The Morgan fingerprint density at radius 1 is 1.00 bits per heavy atom. The summed E-state index contributed by atoms with van der Waals surface area (Å²) >= 11 is 0. The fourth-order valence-electron chi connectivity index (χ4n) is 1.98. The zero-order valence-corrected chi connectivity index (χ0v) is 10.3. The van der Waals surface area contributed by atoms with Crippen molar-refractivity contribution in [2.24, 2.45) is 0 Å². The molecule has 0 aliphatic carbocycles. The fourth-order valence-corrected chi connectivity index (χ4v) is 1.98. The number of H-pyrrole nitrogens is 1. The van der Waals surface area contributed by atoms with Gasteiger partial charge in [0, 0.05) is 16.6 Å². The van der Waals surface area contributed by atoms with Gasteiger partial charge in [0.15, 0.2) is 0 Å². The van der Waals surface area contributed by atoms with E-state index in [-0.39, 0.29) is 0 Å². The number of phenols is 1. The molecule has 0 amide bonds. The fraction of sp³-hybridized carbons (Fsp3) is 0.429. The summed E-state index contributed by atoms with van der Waals surface area (Å²) < 4.78 is 0. The second kappa shape index (κ2) is 3.85.